The summed E-state index contributed by atoms with van der Waals surface area (Å²) in [5, 5.41) is 23.7. The monoisotopic (exact) mass is 848 g/mol. The number of carbonyl (C=O) groups excluding carboxylic acids is 3. The van der Waals surface area contributed by atoms with Crippen LogP contribution >= 0.6 is 11.6 Å². The van der Waals surface area contributed by atoms with Crippen LogP contribution in [0.3, 0.4) is 0 Å². The van der Waals surface area contributed by atoms with Crippen molar-refractivity contribution in [3.8, 4) is 11.8 Å². The van der Waals surface area contributed by atoms with Gasteiger partial charge < -0.3 is 24.6 Å². The molecular formula is C46H53ClN8O6. The van der Waals surface area contributed by atoms with Crippen molar-refractivity contribution in [2.75, 3.05) is 44.2 Å². The van der Waals surface area contributed by atoms with Gasteiger partial charge in [0.05, 0.1) is 28.7 Å². The molecule has 3 saturated heterocycles. The van der Waals surface area contributed by atoms with Gasteiger partial charge in [-0.15, -0.1) is 5.10 Å². The molecule has 0 radical (unpaired) electrons. The van der Waals surface area contributed by atoms with Gasteiger partial charge in [0.1, 0.15) is 29.5 Å². The number of imide groups is 1. The molecule has 1 atom stereocenters. The molecule has 1 aliphatic carbocycles. The summed E-state index contributed by atoms with van der Waals surface area (Å²) in [6.07, 6.45) is 4.23. The number of carbonyl (C=O) groups is 3. The number of fused-ring (bicyclic) bond motifs is 1. The van der Waals surface area contributed by atoms with Crippen LogP contribution in [0, 0.1) is 22.2 Å². The van der Waals surface area contributed by atoms with Crippen LogP contribution in [0.5, 0.6) is 5.75 Å². The average molecular weight is 849 g/mol. The van der Waals surface area contributed by atoms with Gasteiger partial charge in [-0.05, 0) is 99.1 Å². The quantitative estimate of drug-likeness (QED) is 0.176. The lowest BCUT2D eigenvalue weighted by Gasteiger charge is -2.63. The van der Waals surface area contributed by atoms with Gasteiger partial charge in [0, 0.05) is 60.2 Å². The summed E-state index contributed by atoms with van der Waals surface area (Å²) in [4.78, 5) is 55.6. The Morgan fingerprint density at radius 3 is 2.33 bits per heavy atom. The number of nitrogens with one attached hydrogen (secondary N) is 2. The maximum atomic E-state index is 13.5. The molecule has 14 nitrogen and oxygen atoms in total. The lowest BCUT2D eigenvalue weighted by molar-refractivity contribution is -0.164. The highest BCUT2D eigenvalue weighted by atomic mass is 35.5. The Hall–Kier alpha value is -5.36. The largest absolute Gasteiger partial charge is 0.489 e. The van der Waals surface area contributed by atoms with Gasteiger partial charge in [-0.3, -0.25) is 24.5 Å². The number of piperidine rings is 3. The first-order valence-electron chi connectivity index (χ1n) is 21.3. The second kappa shape index (κ2) is 17.2. The molecule has 3 aliphatic heterocycles. The Morgan fingerprint density at radius 2 is 1.66 bits per heavy atom. The van der Waals surface area contributed by atoms with Crippen molar-refractivity contribution in [2.24, 2.45) is 10.8 Å². The van der Waals surface area contributed by atoms with Crippen molar-refractivity contribution in [1.82, 2.24) is 30.5 Å². The number of hydrogen-bond donors (Lipinski definition) is 2. The molecule has 4 fully saturated rings. The molecule has 1 aromatic heterocycles. The van der Waals surface area contributed by atoms with Crippen molar-refractivity contribution in [3.63, 3.8) is 0 Å². The summed E-state index contributed by atoms with van der Waals surface area (Å²) in [7, 11) is 0. The third-order valence-corrected chi connectivity index (χ3v) is 13.7. The predicted octanol–water partition coefficient (Wildman–Crippen LogP) is 5.77. The zero-order valence-electron chi connectivity index (χ0n) is 35.2. The number of amides is 3. The van der Waals surface area contributed by atoms with E-state index in [2.05, 4.69) is 76.6 Å². The standard InChI is InChI=1S/C46H53ClN8O6/c1-45(2)43(46(3,4)44(45)61-34-11-9-31(27-48)36(47)26-34)50-40(57)30-7-5-28(6-8-30)29-15-19-53(20-16-29)23-24-60-33-17-21-54(22-18-33)32-10-12-37-35(25-32)42(59)55(52-51-37)38-13-14-39(56)49-41(38)58/h5-12,25-26,29,33,38,43-44H,13-24H2,1-4H3,(H,50,57)(H,49,56,58). The highest BCUT2D eigenvalue weighted by molar-refractivity contribution is 6.31. The normalized spacial score (nSPS) is 23.2. The zero-order valence-corrected chi connectivity index (χ0v) is 35.9. The van der Waals surface area contributed by atoms with Crippen molar-refractivity contribution >= 4 is 45.9 Å². The van der Waals surface area contributed by atoms with Crippen LogP contribution in [-0.4, -0.2) is 95.2 Å². The number of aromatic nitrogens is 3. The molecule has 1 unspecified atom stereocenters. The first kappa shape index (κ1) is 42.3. The number of halogens is 1. The smallest absolute Gasteiger partial charge is 0.278 e. The van der Waals surface area contributed by atoms with E-state index in [0.29, 0.717) is 45.3 Å². The van der Waals surface area contributed by atoms with E-state index in [1.54, 1.807) is 24.3 Å². The summed E-state index contributed by atoms with van der Waals surface area (Å²) in [5.74, 6) is 0.0695. The van der Waals surface area contributed by atoms with Crippen molar-refractivity contribution in [1.29, 1.82) is 5.26 Å². The van der Waals surface area contributed by atoms with E-state index < -0.39 is 17.5 Å². The molecule has 0 spiro atoms. The molecule has 61 heavy (non-hydrogen) atoms. The van der Waals surface area contributed by atoms with Crippen molar-refractivity contribution in [3.05, 3.63) is 92.7 Å². The Labute approximate surface area is 360 Å². The molecular weight excluding hydrogens is 796 g/mol. The fraction of sp³-hybridized carbons (Fsp3) is 0.500. The molecule has 4 aliphatic rings. The first-order chi connectivity index (χ1) is 29.2. The zero-order chi connectivity index (χ0) is 43.1. The molecule has 2 N–H and O–H groups in total. The Morgan fingerprint density at radius 1 is 0.934 bits per heavy atom. The Kier molecular flexibility index (Phi) is 11.9. The number of nitriles is 1. The predicted molar refractivity (Wildman–Crippen MR) is 231 cm³/mol. The summed E-state index contributed by atoms with van der Waals surface area (Å²) in [6.45, 7) is 13.6. The molecule has 3 aromatic carbocycles. The van der Waals surface area contributed by atoms with E-state index in [1.807, 2.05) is 24.3 Å². The number of likely N-dealkylation sites (tertiary alicyclic amines) is 1. The number of anilines is 1. The molecule has 15 heteroatoms. The van der Waals surface area contributed by atoms with Gasteiger partial charge in [-0.2, -0.15) is 9.94 Å². The SMILES string of the molecule is CC1(C)C(NC(=O)c2ccc(C3CCN(CCOC4CCN(c5ccc6nnn(C7CCC(=O)NC7=O)c(=O)c6c5)CC4)CC3)cc2)C(C)(C)C1Oc1ccc(C#N)c(Cl)c1. The maximum Gasteiger partial charge on any atom is 0.278 e. The third kappa shape index (κ3) is 8.61. The highest BCUT2D eigenvalue weighted by Crippen LogP contribution is 2.55. The number of nitrogens with zero attached hydrogens (tertiary/aromatic N) is 6. The van der Waals surface area contributed by atoms with Gasteiger partial charge in [0.15, 0.2) is 0 Å². The second-order valence-electron chi connectivity index (χ2n) is 18.1. The minimum Gasteiger partial charge on any atom is -0.489 e. The van der Waals surface area contributed by atoms with E-state index in [4.69, 9.17) is 21.1 Å². The van der Waals surface area contributed by atoms with Crippen molar-refractivity contribution in [2.45, 2.75) is 96.4 Å². The van der Waals surface area contributed by atoms with Gasteiger partial charge in [0.25, 0.3) is 17.4 Å². The minimum absolute atomic E-state index is 0.0961. The number of hydrogen-bond acceptors (Lipinski definition) is 11. The van der Waals surface area contributed by atoms with Gasteiger partial charge in [-0.1, -0.05) is 56.6 Å². The van der Waals surface area contributed by atoms with E-state index in [1.165, 1.54) is 5.56 Å². The topological polar surface area (TPSA) is 172 Å². The van der Waals surface area contributed by atoms with E-state index >= 15 is 0 Å². The first-order valence-corrected chi connectivity index (χ1v) is 21.7. The molecule has 320 valence electrons. The maximum absolute atomic E-state index is 13.5. The lowest BCUT2D eigenvalue weighted by atomic mass is 9.49. The summed E-state index contributed by atoms with van der Waals surface area (Å²) in [6, 6.07) is 19.9. The van der Waals surface area contributed by atoms with Gasteiger partial charge >= 0.3 is 0 Å². The summed E-state index contributed by atoms with van der Waals surface area (Å²) in [5.41, 5.74) is 2.61. The highest BCUT2D eigenvalue weighted by Gasteiger charge is 2.64. The number of benzene rings is 3. The summed E-state index contributed by atoms with van der Waals surface area (Å²) < 4.78 is 13.8. The molecule has 4 aromatic rings. The van der Waals surface area contributed by atoms with Crippen LogP contribution in [-0.2, 0) is 14.3 Å². The van der Waals surface area contributed by atoms with Crippen LogP contribution in [0.4, 0.5) is 5.69 Å². The van der Waals surface area contributed by atoms with E-state index in [9.17, 15) is 24.4 Å². The molecule has 8 rings (SSSR count). The van der Waals surface area contributed by atoms with Crippen LogP contribution in [0.2, 0.25) is 5.02 Å². The fourth-order valence-electron chi connectivity index (χ4n) is 10.2. The van der Waals surface area contributed by atoms with E-state index in [-0.39, 0.29) is 53.7 Å². The van der Waals surface area contributed by atoms with Crippen LogP contribution in [0.15, 0.2) is 65.5 Å². The summed E-state index contributed by atoms with van der Waals surface area (Å²) >= 11 is 6.26. The van der Waals surface area contributed by atoms with Crippen LogP contribution in [0.25, 0.3) is 10.9 Å². The van der Waals surface area contributed by atoms with Crippen LogP contribution in [0.1, 0.15) is 99.7 Å². The molecule has 1 saturated carbocycles. The second-order valence-corrected chi connectivity index (χ2v) is 18.5. The van der Waals surface area contributed by atoms with Crippen LogP contribution < -0.4 is 25.8 Å². The fourth-order valence-corrected chi connectivity index (χ4v) is 10.4. The molecule has 0 bridgehead atoms. The molecule has 4 heterocycles. The average Bonchev–Trinajstić information content (AvgIpc) is 3.25. The third-order valence-electron chi connectivity index (χ3n) is 13.4. The Balaban J connectivity index is 0.762. The lowest BCUT2D eigenvalue weighted by Crippen LogP contribution is -2.74. The molecule has 3 amide bonds. The van der Waals surface area contributed by atoms with Gasteiger partial charge in [-0.25, -0.2) is 0 Å². The minimum atomic E-state index is -0.856. The van der Waals surface area contributed by atoms with Crippen molar-refractivity contribution < 1.29 is 23.9 Å². The number of ether oxygens (including phenoxy) is 2. The Bertz CT molecular complexity index is 2400. The number of rotatable bonds is 11. The van der Waals surface area contributed by atoms with Gasteiger partial charge in [0.2, 0.25) is 5.91 Å². The van der Waals surface area contributed by atoms with E-state index in [0.717, 1.165) is 68.8 Å².